The van der Waals surface area contributed by atoms with Gasteiger partial charge in [-0.2, -0.15) is 18.3 Å². The minimum absolute atomic E-state index is 0.194. The SMILES string of the molecule is CCn1cc(CNc2cc(C(F)(F)F)ccn2)cn1. The van der Waals surface area contributed by atoms with E-state index < -0.39 is 11.7 Å². The summed E-state index contributed by atoms with van der Waals surface area (Å²) < 4.78 is 39.3. The number of hydrogen-bond donors (Lipinski definition) is 1. The molecule has 102 valence electrons. The highest BCUT2D eigenvalue weighted by atomic mass is 19.4. The number of halogens is 3. The largest absolute Gasteiger partial charge is 0.416 e. The van der Waals surface area contributed by atoms with Gasteiger partial charge in [-0.3, -0.25) is 4.68 Å². The fourth-order valence-corrected chi connectivity index (χ4v) is 1.57. The first kappa shape index (κ1) is 13.4. The number of pyridine rings is 1. The van der Waals surface area contributed by atoms with Crippen molar-refractivity contribution in [3.8, 4) is 0 Å². The summed E-state index contributed by atoms with van der Waals surface area (Å²) in [7, 11) is 0. The van der Waals surface area contributed by atoms with E-state index in [4.69, 9.17) is 0 Å². The number of hydrogen-bond acceptors (Lipinski definition) is 3. The number of anilines is 1. The molecule has 0 aliphatic carbocycles. The van der Waals surface area contributed by atoms with Crippen molar-refractivity contribution in [2.75, 3.05) is 5.32 Å². The van der Waals surface area contributed by atoms with Crippen molar-refractivity contribution in [1.29, 1.82) is 0 Å². The number of nitrogens with zero attached hydrogens (tertiary/aromatic N) is 3. The van der Waals surface area contributed by atoms with Crippen LogP contribution >= 0.6 is 0 Å². The van der Waals surface area contributed by atoms with Crippen LogP contribution in [0.4, 0.5) is 19.0 Å². The standard InChI is InChI=1S/C12H13F3N4/c1-2-19-8-9(7-18-19)6-17-11-5-10(3-4-16-11)12(13,14)15/h3-5,7-8H,2,6H2,1H3,(H,16,17). The Morgan fingerprint density at radius 1 is 1.37 bits per heavy atom. The molecule has 0 fully saturated rings. The zero-order chi connectivity index (χ0) is 13.9. The van der Waals surface area contributed by atoms with Crippen LogP contribution in [-0.4, -0.2) is 14.8 Å². The first-order valence-electron chi connectivity index (χ1n) is 5.77. The zero-order valence-corrected chi connectivity index (χ0v) is 10.3. The van der Waals surface area contributed by atoms with E-state index in [9.17, 15) is 13.2 Å². The second-order valence-electron chi connectivity index (χ2n) is 3.99. The molecular weight excluding hydrogens is 257 g/mol. The summed E-state index contributed by atoms with van der Waals surface area (Å²) in [6, 6.07) is 1.94. The van der Waals surface area contributed by atoms with Gasteiger partial charge in [0.05, 0.1) is 11.8 Å². The number of nitrogens with one attached hydrogen (secondary N) is 1. The maximum absolute atomic E-state index is 12.5. The molecule has 0 aliphatic heterocycles. The third-order valence-electron chi connectivity index (χ3n) is 2.57. The van der Waals surface area contributed by atoms with Crippen LogP contribution in [0.25, 0.3) is 0 Å². The smallest absolute Gasteiger partial charge is 0.366 e. The van der Waals surface area contributed by atoms with Crippen LogP contribution in [0.3, 0.4) is 0 Å². The third-order valence-corrected chi connectivity index (χ3v) is 2.57. The summed E-state index contributed by atoms with van der Waals surface area (Å²) in [5.41, 5.74) is 0.176. The Morgan fingerprint density at radius 3 is 2.79 bits per heavy atom. The summed E-state index contributed by atoms with van der Waals surface area (Å²) in [4.78, 5) is 3.86. The minimum atomic E-state index is -4.35. The van der Waals surface area contributed by atoms with Gasteiger partial charge in [-0.15, -0.1) is 0 Å². The Hall–Kier alpha value is -2.05. The fraction of sp³-hybridized carbons (Fsp3) is 0.333. The third kappa shape index (κ3) is 3.46. The molecule has 19 heavy (non-hydrogen) atoms. The molecule has 0 saturated carbocycles. The highest BCUT2D eigenvalue weighted by molar-refractivity contribution is 5.39. The van der Waals surface area contributed by atoms with Crippen LogP contribution in [0.1, 0.15) is 18.1 Å². The van der Waals surface area contributed by atoms with Crippen molar-refractivity contribution < 1.29 is 13.2 Å². The predicted octanol–water partition coefficient (Wildman–Crippen LogP) is 2.93. The van der Waals surface area contributed by atoms with Crippen LogP contribution in [-0.2, 0) is 19.3 Å². The summed E-state index contributed by atoms with van der Waals surface area (Å²) in [6.45, 7) is 3.09. The Balaban J connectivity index is 2.03. The molecule has 0 bridgehead atoms. The average Bonchev–Trinajstić information content (AvgIpc) is 2.84. The molecule has 0 amide bonds. The molecular formula is C12H13F3N4. The van der Waals surface area contributed by atoms with Crippen LogP contribution in [0.15, 0.2) is 30.7 Å². The topological polar surface area (TPSA) is 42.7 Å². The lowest BCUT2D eigenvalue weighted by molar-refractivity contribution is -0.137. The summed E-state index contributed by atoms with van der Waals surface area (Å²) >= 11 is 0. The summed E-state index contributed by atoms with van der Waals surface area (Å²) in [5, 5.41) is 6.93. The molecule has 2 aromatic rings. The molecule has 0 saturated heterocycles. The van der Waals surface area contributed by atoms with E-state index in [2.05, 4.69) is 15.4 Å². The number of alkyl halides is 3. The number of rotatable bonds is 4. The highest BCUT2D eigenvalue weighted by Crippen LogP contribution is 2.29. The van der Waals surface area contributed by atoms with Crippen molar-refractivity contribution in [3.05, 3.63) is 41.9 Å². The van der Waals surface area contributed by atoms with Crippen molar-refractivity contribution in [2.24, 2.45) is 0 Å². The first-order valence-corrected chi connectivity index (χ1v) is 5.77. The minimum Gasteiger partial charge on any atom is -0.366 e. The number of aryl methyl sites for hydroxylation is 1. The molecule has 0 unspecified atom stereocenters. The van der Waals surface area contributed by atoms with Crippen molar-refractivity contribution >= 4 is 5.82 Å². The predicted molar refractivity (Wildman–Crippen MR) is 64.5 cm³/mol. The van der Waals surface area contributed by atoms with E-state index in [0.717, 1.165) is 30.4 Å². The van der Waals surface area contributed by atoms with Crippen LogP contribution in [0, 0.1) is 0 Å². The summed E-state index contributed by atoms with van der Waals surface area (Å²) in [6.07, 6.45) is 0.289. The summed E-state index contributed by atoms with van der Waals surface area (Å²) in [5.74, 6) is 0.194. The molecule has 2 aromatic heterocycles. The monoisotopic (exact) mass is 270 g/mol. The average molecular weight is 270 g/mol. The normalized spacial score (nSPS) is 11.6. The Labute approximate surface area is 108 Å². The quantitative estimate of drug-likeness (QED) is 0.928. The molecule has 0 aliphatic rings. The maximum Gasteiger partial charge on any atom is 0.416 e. The molecule has 7 heteroatoms. The van der Waals surface area contributed by atoms with E-state index >= 15 is 0 Å². The van der Waals surface area contributed by atoms with Gasteiger partial charge in [0.25, 0.3) is 0 Å². The lowest BCUT2D eigenvalue weighted by Crippen LogP contribution is -2.07. The van der Waals surface area contributed by atoms with E-state index in [1.54, 1.807) is 10.9 Å². The molecule has 2 heterocycles. The molecule has 0 aromatic carbocycles. The molecule has 0 radical (unpaired) electrons. The van der Waals surface area contributed by atoms with E-state index in [0.29, 0.717) is 6.54 Å². The van der Waals surface area contributed by atoms with E-state index in [1.165, 1.54) is 0 Å². The first-order chi connectivity index (χ1) is 8.99. The van der Waals surface area contributed by atoms with Crippen molar-refractivity contribution in [1.82, 2.24) is 14.8 Å². The second-order valence-corrected chi connectivity index (χ2v) is 3.99. The lowest BCUT2D eigenvalue weighted by atomic mass is 10.2. The van der Waals surface area contributed by atoms with Gasteiger partial charge in [-0.1, -0.05) is 0 Å². The molecule has 1 N–H and O–H groups in total. The van der Waals surface area contributed by atoms with Crippen LogP contribution in [0.5, 0.6) is 0 Å². The molecule has 2 rings (SSSR count). The fourth-order valence-electron chi connectivity index (χ4n) is 1.57. The molecule has 0 spiro atoms. The van der Waals surface area contributed by atoms with Gasteiger partial charge in [0, 0.05) is 31.0 Å². The van der Waals surface area contributed by atoms with Crippen molar-refractivity contribution in [2.45, 2.75) is 26.2 Å². The highest BCUT2D eigenvalue weighted by Gasteiger charge is 2.30. The van der Waals surface area contributed by atoms with E-state index in [-0.39, 0.29) is 5.82 Å². The maximum atomic E-state index is 12.5. The van der Waals surface area contributed by atoms with Crippen LogP contribution < -0.4 is 5.32 Å². The Morgan fingerprint density at radius 2 is 2.16 bits per heavy atom. The van der Waals surface area contributed by atoms with Gasteiger partial charge in [-0.25, -0.2) is 4.98 Å². The van der Waals surface area contributed by atoms with Gasteiger partial charge in [0.15, 0.2) is 0 Å². The molecule has 4 nitrogen and oxygen atoms in total. The number of aromatic nitrogens is 3. The van der Waals surface area contributed by atoms with Gasteiger partial charge in [0.2, 0.25) is 0 Å². The second kappa shape index (κ2) is 5.29. The Bertz CT molecular complexity index is 548. The molecule has 0 atom stereocenters. The Kier molecular flexibility index (Phi) is 3.73. The van der Waals surface area contributed by atoms with Gasteiger partial charge < -0.3 is 5.32 Å². The van der Waals surface area contributed by atoms with Crippen LogP contribution in [0.2, 0.25) is 0 Å². The van der Waals surface area contributed by atoms with Crippen molar-refractivity contribution in [3.63, 3.8) is 0 Å². The lowest BCUT2D eigenvalue weighted by Gasteiger charge is -2.09. The van der Waals surface area contributed by atoms with Gasteiger partial charge in [0.1, 0.15) is 5.82 Å². The van der Waals surface area contributed by atoms with E-state index in [1.807, 2.05) is 13.1 Å². The zero-order valence-electron chi connectivity index (χ0n) is 10.3. The van der Waals surface area contributed by atoms with Gasteiger partial charge >= 0.3 is 6.18 Å². The van der Waals surface area contributed by atoms with Gasteiger partial charge in [-0.05, 0) is 19.1 Å².